The second kappa shape index (κ2) is 12.8. The highest BCUT2D eigenvalue weighted by molar-refractivity contribution is 6.22. The third kappa shape index (κ3) is 4.98. The lowest BCUT2D eigenvalue weighted by Crippen LogP contribution is -2.06. The number of fused-ring (bicyclic) bond motifs is 10. The van der Waals surface area contributed by atoms with E-state index in [1.807, 2.05) is 48.5 Å². The van der Waals surface area contributed by atoms with E-state index in [0.717, 1.165) is 94.4 Å². The van der Waals surface area contributed by atoms with Crippen molar-refractivity contribution in [2.75, 3.05) is 0 Å². The first kappa shape index (κ1) is 32.3. The van der Waals surface area contributed by atoms with E-state index in [0.29, 0.717) is 5.82 Å². The Labute approximate surface area is 333 Å². The Bertz CT molecular complexity index is 3490. The van der Waals surface area contributed by atoms with Crippen LogP contribution in [0.5, 0.6) is 0 Å². The van der Waals surface area contributed by atoms with Gasteiger partial charge in [-0.15, -0.1) is 0 Å². The summed E-state index contributed by atoms with van der Waals surface area (Å²) < 4.78 is 4.57. The topological polar surface area (TPSA) is 60.9 Å². The van der Waals surface area contributed by atoms with Crippen LogP contribution in [0.1, 0.15) is 0 Å². The summed E-state index contributed by atoms with van der Waals surface area (Å²) in [5.41, 5.74) is 13.1. The van der Waals surface area contributed by atoms with Gasteiger partial charge in [-0.1, -0.05) is 152 Å². The molecule has 12 rings (SSSR count). The largest absolute Gasteiger partial charge is 0.278 e. The van der Waals surface area contributed by atoms with Gasteiger partial charge in [0.15, 0.2) is 5.82 Å². The van der Waals surface area contributed by atoms with Crippen LogP contribution < -0.4 is 0 Å². The second-order valence-electron chi connectivity index (χ2n) is 14.7. The first-order valence-corrected chi connectivity index (χ1v) is 19.5. The molecule has 6 heteroatoms. The Morgan fingerprint density at radius 2 is 0.897 bits per heavy atom. The second-order valence-corrected chi connectivity index (χ2v) is 14.7. The fourth-order valence-electron chi connectivity index (χ4n) is 8.64. The monoisotopic (exact) mass is 740 g/mol. The van der Waals surface area contributed by atoms with Crippen molar-refractivity contribution in [1.29, 1.82) is 0 Å². The highest BCUT2D eigenvalue weighted by Gasteiger charge is 2.22. The van der Waals surface area contributed by atoms with Crippen molar-refractivity contribution in [3.63, 3.8) is 0 Å². The van der Waals surface area contributed by atoms with Crippen molar-refractivity contribution >= 4 is 60.2 Å². The van der Waals surface area contributed by atoms with Gasteiger partial charge in [-0.05, 0) is 59.0 Å². The summed E-state index contributed by atoms with van der Waals surface area (Å²) in [5, 5.41) is 5.67. The van der Waals surface area contributed by atoms with Gasteiger partial charge in [-0.25, -0.2) is 19.9 Å². The Morgan fingerprint density at radius 3 is 1.64 bits per heavy atom. The van der Waals surface area contributed by atoms with Crippen molar-refractivity contribution in [2.24, 2.45) is 0 Å². The maximum atomic E-state index is 5.42. The van der Waals surface area contributed by atoms with Crippen LogP contribution in [0.2, 0.25) is 0 Å². The lowest BCUT2D eigenvalue weighted by molar-refractivity contribution is 0.982. The molecule has 4 heterocycles. The van der Waals surface area contributed by atoms with Crippen LogP contribution in [0.4, 0.5) is 0 Å². The van der Waals surface area contributed by atoms with E-state index in [-0.39, 0.29) is 0 Å². The van der Waals surface area contributed by atoms with Gasteiger partial charge >= 0.3 is 0 Å². The predicted octanol–water partition coefficient (Wildman–Crippen LogP) is 12.7. The third-order valence-corrected chi connectivity index (χ3v) is 11.3. The van der Waals surface area contributed by atoms with Crippen molar-refractivity contribution in [3.8, 4) is 51.0 Å². The fraction of sp³-hybridized carbons (Fsp3) is 0. The molecule has 8 aromatic carbocycles. The van der Waals surface area contributed by atoms with E-state index in [4.69, 9.17) is 19.9 Å². The molecule has 58 heavy (non-hydrogen) atoms. The van der Waals surface area contributed by atoms with E-state index in [2.05, 4.69) is 155 Å². The maximum Gasteiger partial charge on any atom is 0.221 e. The molecular weight excluding hydrogens is 709 g/mol. The Kier molecular flexibility index (Phi) is 7.13. The number of nitrogens with zero attached hydrogens (tertiary/aromatic N) is 6. The molecule has 4 aromatic heterocycles. The number of para-hydroxylation sites is 4. The van der Waals surface area contributed by atoms with Gasteiger partial charge in [0.25, 0.3) is 0 Å². The molecule has 0 amide bonds. The summed E-state index contributed by atoms with van der Waals surface area (Å²) >= 11 is 0. The molecule has 0 spiro atoms. The summed E-state index contributed by atoms with van der Waals surface area (Å²) in [5.74, 6) is 1.51. The minimum absolute atomic E-state index is 0.704. The predicted molar refractivity (Wildman–Crippen MR) is 237 cm³/mol. The SMILES string of the molecule is c1ccc(-c2cc(-c3ccc(-c4cc5c6ccccc6n(-c6nc7ccccc7c7nc8ccccc8n67)c5c5ccccc45)cc3)nc(-c3ccccc3)n2)cc1. The molecule has 0 atom stereocenters. The van der Waals surface area contributed by atoms with Gasteiger partial charge < -0.3 is 0 Å². The normalized spacial score (nSPS) is 11.8. The van der Waals surface area contributed by atoms with Crippen LogP contribution in [0.25, 0.3) is 111 Å². The Hall–Kier alpha value is -7.96. The van der Waals surface area contributed by atoms with Crippen molar-refractivity contribution in [2.45, 2.75) is 0 Å². The minimum atomic E-state index is 0.704. The summed E-state index contributed by atoms with van der Waals surface area (Å²) in [6.45, 7) is 0. The number of benzene rings is 8. The molecule has 12 aromatic rings. The molecule has 0 saturated carbocycles. The maximum absolute atomic E-state index is 5.42. The average Bonchev–Trinajstić information content (AvgIpc) is 3.86. The lowest BCUT2D eigenvalue weighted by atomic mass is 9.94. The molecule has 0 bridgehead atoms. The van der Waals surface area contributed by atoms with E-state index >= 15 is 0 Å². The van der Waals surface area contributed by atoms with Gasteiger partial charge in [-0.2, -0.15) is 0 Å². The van der Waals surface area contributed by atoms with Gasteiger partial charge in [0.05, 0.1) is 39.0 Å². The third-order valence-electron chi connectivity index (χ3n) is 11.3. The highest BCUT2D eigenvalue weighted by atomic mass is 15.2. The van der Waals surface area contributed by atoms with Gasteiger partial charge in [0, 0.05) is 38.2 Å². The number of hydrogen-bond donors (Lipinski definition) is 0. The first-order valence-electron chi connectivity index (χ1n) is 19.5. The van der Waals surface area contributed by atoms with E-state index < -0.39 is 0 Å². The molecule has 0 N–H and O–H groups in total. The Balaban J connectivity index is 1.07. The van der Waals surface area contributed by atoms with Gasteiger partial charge in [0.2, 0.25) is 5.95 Å². The highest BCUT2D eigenvalue weighted by Crippen LogP contribution is 2.42. The summed E-state index contributed by atoms with van der Waals surface area (Å²) in [4.78, 5) is 20.7. The molecule has 0 aliphatic rings. The van der Waals surface area contributed by atoms with E-state index in [1.54, 1.807) is 0 Å². The fourth-order valence-corrected chi connectivity index (χ4v) is 8.64. The van der Waals surface area contributed by atoms with Crippen molar-refractivity contribution < 1.29 is 0 Å². The molecule has 6 nitrogen and oxygen atoms in total. The molecule has 0 aliphatic carbocycles. The molecule has 270 valence electrons. The number of imidazole rings is 1. The van der Waals surface area contributed by atoms with Crippen LogP contribution in [-0.4, -0.2) is 28.9 Å². The molecule has 0 fully saturated rings. The Morgan fingerprint density at radius 1 is 0.345 bits per heavy atom. The number of hydrogen-bond acceptors (Lipinski definition) is 4. The molecule has 0 unspecified atom stereocenters. The zero-order chi connectivity index (χ0) is 38.2. The summed E-state index contributed by atoms with van der Waals surface area (Å²) in [6, 6.07) is 67.8. The standard InChI is InChI=1S/C52H32N6/c1-3-15-34(16-4-1)45-32-46(54-50(53-45)36-17-5-2-6-18-36)35-29-27-33(28-30-35)41-31-42-38-20-10-13-25-47(38)57(49(42)39-21-8-7-19-37(39)41)52-56-43-23-11-9-22-40(43)51-55-44-24-12-14-26-48(44)58(51)52/h1-32H. The molecule has 0 radical (unpaired) electrons. The first-order chi connectivity index (χ1) is 28.8. The zero-order valence-electron chi connectivity index (χ0n) is 31.2. The van der Waals surface area contributed by atoms with Crippen LogP contribution in [0.15, 0.2) is 194 Å². The van der Waals surface area contributed by atoms with Crippen LogP contribution in [-0.2, 0) is 0 Å². The molecular formula is C52H32N6. The van der Waals surface area contributed by atoms with E-state index in [9.17, 15) is 0 Å². The zero-order valence-corrected chi connectivity index (χ0v) is 31.2. The number of aromatic nitrogens is 6. The average molecular weight is 741 g/mol. The van der Waals surface area contributed by atoms with Crippen LogP contribution in [0, 0.1) is 0 Å². The van der Waals surface area contributed by atoms with Crippen LogP contribution >= 0.6 is 0 Å². The summed E-state index contributed by atoms with van der Waals surface area (Å²) in [7, 11) is 0. The number of rotatable bonds is 5. The molecule has 0 saturated heterocycles. The van der Waals surface area contributed by atoms with Crippen LogP contribution in [0.3, 0.4) is 0 Å². The van der Waals surface area contributed by atoms with Gasteiger partial charge in [0.1, 0.15) is 5.65 Å². The van der Waals surface area contributed by atoms with Crippen molar-refractivity contribution in [3.05, 3.63) is 194 Å². The smallest absolute Gasteiger partial charge is 0.221 e. The van der Waals surface area contributed by atoms with Gasteiger partial charge in [-0.3, -0.25) is 8.97 Å². The summed E-state index contributed by atoms with van der Waals surface area (Å²) in [6.07, 6.45) is 0. The minimum Gasteiger partial charge on any atom is -0.278 e. The molecule has 0 aliphatic heterocycles. The quantitative estimate of drug-likeness (QED) is 0.176. The van der Waals surface area contributed by atoms with E-state index in [1.165, 1.54) is 10.9 Å². The van der Waals surface area contributed by atoms with Crippen molar-refractivity contribution in [1.82, 2.24) is 28.9 Å². The lowest BCUT2D eigenvalue weighted by Gasteiger charge is -2.15.